The number of sulfonamides is 1. The molecule has 1 unspecified atom stereocenters. The zero-order valence-corrected chi connectivity index (χ0v) is 19.8. The summed E-state index contributed by atoms with van der Waals surface area (Å²) in [4.78, 5) is 30.3. The van der Waals surface area contributed by atoms with Crippen LogP contribution in [0.15, 0.2) is 34.7 Å². The summed E-state index contributed by atoms with van der Waals surface area (Å²) in [7, 11) is -3.64. The van der Waals surface area contributed by atoms with E-state index in [4.69, 9.17) is 0 Å². The van der Waals surface area contributed by atoms with Gasteiger partial charge in [-0.05, 0) is 68.7 Å². The van der Waals surface area contributed by atoms with Crippen LogP contribution in [-0.2, 0) is 26.0 Å². The van der Waals surface area contributed by atoms with Gasteiger partial charge in [0, 0.05) is 42.7 Å². The van der Waals surface area contributed by atoms with Crippen LogP contribution in [-0.4, -0.2) is 37.8 Å². The van der Waals surface area contributed by atoms with Crippen LogP contribution in [0.5, 0.6) is 0 Å². The Bertz CT molecular complexity index is 1090. The first kappa shape index (κ1) is 22.9. The fraction of sp³-hybridized carbons (Fsp3) is 0.500. The first-order valence-electron chi connectivity index (χ1n) is 10.9. The number of thiazole rings is 1. The first-order chi connectivity index (χ1) is 15.2. The summed E-state index contributed by atoms with van der Waals surface area (Å²) in [5, 5.41) is 5.28. The first-order valence-corrected chi connectivity index (χ1v) is 13.2. The van der Waals surface area contributed by atoms with Crippen LogP contribution in [0, 0.1) is 11.8 Å². The number of fused-ring (bicyclic) bond motifs is 1. The minimum Gasteiger partial charge on any atom is -0.309 e. The number of carbonyl (C=O) groups is 2. The number of anilines is 2. The van der Waals surface area contributed by atoms with Crippen molar-refractivity contribution in [1.29, 1.82) is 0 Å². The van der Waals surface area contributed by atoms with E-state index in [9.17, 15) is 18.0 Å². The molecule has 2 aliphatic rings. The molecule has 8 nitrogen and oxygen atoms in total. The fourth-order valence-electron chi connectivity index (χ4n) is 4.69. The number of nitrogens with one attached hydrogen (secondary N) is 2. The molecular weight excluding hydrogens is 448 g/mol. The van der Waals surface area contributed by atoms with Crippen molar-refractivity contribution in [3.63, 3.8) is 0 Å². The molecule has 1 aliphatic heterocycles. The van der Waals surface area contributed by atoms with Crippen molar-refractivity contribution in [3.8, 4) is 0 Å². The maximum Gasteiger partial charge on any atom is 0.240 e. The summed E-state index contributed by atoms with van der Waals surface area (Å²) in [6.07, 6.45) is 5.37. The van der Waals surface area contributed by atoms with Crippen molar-refractivity contribution in [1.82, 2.24) is 9.71 Å². The average Bonchev–Trinajstić information content (AvgIpc) is 3.38. The lowest BCUT2D eigenvalue weighted by atomic mass is 9.81. The minimum absolute atomic E-state index is 0.00838. The SMILES string of the molecule is CC(=O)N1c2ccc(S(=O)(=O)NCC3CCC(C(=O)Nc4nccs4)CC3)cc2CC1C. The zero-order chi connectivity index (χ0) is 22.9. The monoisotopic (exact) mass is 476 g/mol. The standard InChI is InChI=1S/C22H28N4O4S2/c1-14-11-18-12-19(7-8-20(18)26(14)15(2)27)32(29,30)24-13-16-3-5-17(6-4-16)21(28)25-22-23-9-10-31-22/h7-10,12,14,16-17,24H,3-6,11,13H2,1-2H3,(H,23,25,28). The van der Waals surface area contributed by atoms with Gasteiger partial charge in [0.25, 0.3) is 0 Å². The Hall–Kier alpha value is -2.30. The smallest absolute Gasteiger partial charge is 0.240 e. The summed E-state index contributed by atoms with van der Waals surface area (Å²) in [6, 6.07) is 4.99. The van der Waals surface area contributed by atoms with Gasteiger partial charge in [0.05, 0.1) is 4.90 Å². The van der Waals surface area contributed by atoms with Gasteiger partial charge < -0.3 is 10.2 Å². The van der Waals surface area contributed by atoms with E-state index in [2.05, 4.69) is 15.0 Å². The van der Waals surface area contributed by atoms with E-state index in [0.717, 1.165) is 36.9 Å². The molecule has 4 rings (SSSR count). The lowest BCUT2D eigenvalue weighted by molar-refractivity contribution is -0.121. The average molecular weight is 477 g/mol. The highest BCUT2D eigenvalue weighted by Crippen LogP contribution is 2.34. The second-order valence-corrected chi connectivity index (χ2v) is 11.3. The largest absolute Gasteiger partial charge is 0.309 e. The van der Waals surface area contributed by atoms with Gasteiger partial charge in [0.1, 0.15) is 0 Å². The van der Waals surface area contributed by atoms with Gasteiger partial charge in [-0.1, -0.05) is 0 Å². The van der Waals surface area contributed by atoms with Crippen LogP contribution >= 0.6 is 11.3 Å². The van der Waals surface area contributed by atoms with Gasteiger partial charge in [-0.25, -0.2) is 18.1 Å². The molecule has 1 fully saturated rings. The van der Waals surface area contributed by atoms with Crippen LogP contribution in [0.1, 0.15) is 45.1 Å². The molecule has 0 bridgehead atoms. The highest BCUT2D eigenvalue weighted by Gasteiger charge is 2.31. The van der Waals surface area contributed by atoms with Crippen LogP contribution in [0.4, 0.5) is 10.8 Å². The number of aromatic nitrogens is 1. The quantitative estimate of drug-likeness (QED) is 0.666. The summed E-state index contributed by atoms with van der Waals surface area (Å²) >= 11 is 1.39. The molecule has 1 aromatic heterocycles. The molecule has 0 radical (unpaired) electrons. The summed E-state index contributed by atoms with van der Waals surface area (Å²) in [6.45, 7) is 3.84. The molecule has 2 N–H and O–H groups in total. The maximum absolute atomic E-state index is 12.9. The van der Waals surface area contributed by atoms with Crippen LogP contribution < -0.4 is 14.9 Å². The van der Waals surface area contributed by atoms with Crippen LogP contribution in [0.3, 0.4) is 0 Å². The molecule has 1 saturated carbocycles. The van der Waals surface area contributed by atoms with Crippen molar-refractivity contribution < 1.29 is 18.0 Å². The van der Waals surface area contributed by atoms with Crippen molar-refractivity contribution in [2.45, 2.75) is 56.9 Å². The van der Waals surface area contributed by atoms with E-state index in [1.807, 2.05) is 12.3 Å². The molecule has 172 valence electrons. The highest BCUT2D eigenvalue weighted by atomic mass is 32.2. The third-order valence-corrected chi connectivity index (χ3v) is 8.47. The summed E-state index contributed by atoms with van der Waals surface area (Å²) < 4.78 is 28.5. The predicted octanol–water partition coefficient (Wildman–Crippen LogP) is 3.16. The third-order valence-electron chi connectivity index (χ3n) is 6.36. The van der Waals surface area contributed by atoms with E-state index >= 15 is 0 Å². The van der Waals surface area contributed by atoms with Crippen molar-refractivity contribution in [2.24, 2.45) is 11.8 Å². The van der Waals surface area contributed by atoms with Crippen molar-refractivity contribution in [2.75, 3.05) is 16.8 Å². The zero-order valence-electron chi connectivity index (χ0n) is 18.2. The minimum atomic E-state index is -3.64. The molecule has 2 heterocycles. The number of amides is 2. The molecule has 2 amide bonds. The number of carbonyl (C=O) groups excluding carboxylic acids is 2. The maximum atomic E-state index is 12.9. The van der Waals surface area contributed by atoms with E-state index in [0.29, 0.717) is 18.1 Å². The molecular formula is C22H28N4O4S2. The third kappa shape index (κ3) is 4.87. The number of nitrogens with zero attached hydrogens (tertiary/aromatic N) is 2. The van der Waals surface area contributed by atoms with Gasteiger partial charge in [0.15, 0.2) is 5.13 Å². The van der Waals surface area contributed by atoms with Gasteiger partial charge in [-0.2, -0.15) is 0 Å². The predicted molar refractivity (Wildman–Crippen MR) is 124 cm³/mol. The summed E-state index contributed by atoms with van der Waals surface area (Å²) in [5.41, 5.74) is 1.67. The van der Waals surface area contributed by atoms with Crippen molar-refractivity contribution in [3.05, 3.63) is 35.3 Å². The van der Waals surface area contributed by atoms with E-state index in [1.54, 1.807) is 29.3 Å². The Balaban J connectivity index is 1.31. The molecule has 0 saturated heterocycles. The number of benzene rings is 1. The molecule has 1 atom stereocenters. The fourth-order valence-corrected chi connectivity index (χ4v) is 6.39. The molecule has 2 aromatic rings. The van der Waals surface area contributed by atoms with Gasteiger partial charge >= 0.3 is 0 Å². The Morgan fingerprint density at radius 3 is 2.62 bits per heavy atom. The second-order valence-electron chi connectivity index (χ2n) is 8.63. The van der Waals surface area contributed by atoms with Gasteiger partial charge in [-0.15, -0.1) is 11.3 Å². The normalized spacial score (nSPS) is 23.1. The molecule has 10 heteroatoms. The second kappa shape index (κ2) is 9.29. The van der Waals surface area contributed by atoms with E-state index < -0.39 is 10.0 Å². The summed E-state index contributed by atoms with van der Waals surface area (Å²) in [5.74, 6) is 0.0953. The molecule has 32 heavy (non-hydrogen) atoms. The number of hydrogen-bond acceptors (Lipinski definition) is 6. The number of hydrogen-bond donors (Lipinski definition) is 2. The van der Waals surface area contributed by atoms with Gasteiger partial charge in [-0.3, -0.25) is 9.59 Å². The Morgan fingerprint density at radius 1 is 1.22 bits per heavy atom. The molecule has 0 spiro atoms. The molecule has 1 aromatic carbocycles. The Kier molecular flexibility index (Phi) is 6.64. The highest BCUT2D eigenvalue weighted by molar-refractivity contribution is 7.89. The lowest BCUT2D eigenvalue weighted by Crippen LogP contribution is -2.34. The van der Waals surface area contributed by atoms with Crippen LogP contribution in [0.25, 0.3) is 0 Å². The molecule has 1 aliphatic carbocycles. The van der Waals surface area contributed by atoms with E-state index in [-0.39, 0.29) is 34.6 Å². The van der Waals surface area contributed by atoms with E-state index in [1.165, 1.54) is 18.3 Å². The van der Waals surface area contributed by atoms with Crippen molar-refractivity contribution >= 4 is 44.0 Å². The lowest BCUT2D eigenvalue weighted by Gasteiger charge is -2.27. The number of rotatable bonds is 6. The topological polar surface area (TPSA) is 108 Å². The Labute approximate surface area is 192 Å². The van der Waals surface area contributed by atoms with Gasteiger partial charge in [0.2, 0.25) is 21.8 Å². The van der Waals surface area contributed by atoms with Crippen LogP contribution in [0.2, 0.25) is 0 Å². The Morgan fingerprint density at radius 2 is 1.97 bits per heavy atom.